The molecule has 0 aliphatic carbocycles. The lowest BCUT2D eigenvalue weighted by atomic mass is 9.87. The van der Waals surface area contributed by atoms with Crippen molar-refractivity contribution in [1.82, 2.24) is 4.90 Å². The van der Waals surface area contributed by atoms with Crippen LogP contribution < -0.4 is 4.74 Å². The number of hydrogen-bond acceptors (Lipinski definition) is 4. The normalized spacial score (nSPS) is 14.8. The first-order valence-electron chi connectivity index (χ1n) is 10.9. The number of amides is 1. The first kappa shape index (κ1) is 24.5. The molecular weight excluding hydrogens is 480 g/mol. The van der Waals surface area contributed by atoms with E-state index in [1.54, 1.807) is 0 Å². The number of carbonyl (C=O) groups excluding carboxylic acids is 1. The molecule has 182 valence electrons. The van der Waals surface area contributed by atoms with E-state index >= 15 is 0 Å². The minimum atomic E-state index is -1.19. The van der Waals surface area contributed by atoms with Crippen molar-refractivity contribution in [2.45, 2.75) is 18.9 Å². The van der Waals surface area contributed by atoms with E-state index in [0.717, 1.165) is 11.6 Å². The summed E-state index contributed by atoms with van der Waals surface area (Å²) in [6.45, 7) is -0.463. The van der Waals surface area contributed by atoms with Crippen LogP contribution in [0.2, 0.25) is 5.02 Å². The second kappa shape index (κ2) is 10.7. The number of carboxylic acid groups (broad SMARTS) is 1. The predicted octanol–water partition coefficient (Wildman–Crippen LogP) is 5.41. The molecule has 1 N–H and O–H groups in total. The third-order valence-corrected chi connectivity index (χ3v) is 5.99. The highest BCUT2D eigenvalue weighted by Gasteiger charge is 2.37. The summed E-state index contributed by atoms with van der Waals surface area (Å²) < 4.78 is 39.6. The molecule has 0 aromatic heterocycles. The van der Waals surface area contributed by atoms with Gasteiger partial charge in [-0.1, -0.05) is 48.0 Å². The van der Waals surface area contributed by atoms with Gasteiger partial charge in [-0.3, -0.25) is 4.90 Å². The highest BCUT2D eigenvalue weighted by atomic mass is 35.5. The third-order valence-electron chi connectivity index (χ3n) is 5.75. The predicted molar refractivity (Wildman–Crippen MR) is 125 cm³/mol. The zero-order valence-electron chi connectivity index (χ0n) is 18.5. The van der Waals surface area contributed by atoms with Crippen molar-refractivity contribution >= 4 is 23.7 Å². The lowest BCUT2D eigenvalue weighted by molar-refractivity contribution is -0.139. The number of hydrogen-bond donors (Lipinski definition) is 1. The second-order valence-electron chi connectivity index (χ2n) is 7.99. The highest BCUT2D eigenvalue weighted by Crippen LogP contribution is 2.41. The average Bonchev–Trinajstić information content (AvgIpc) is 2.85. The second-order valence-corrected chi connectivity index (χ2v) is 8.43. The fourth-order valence-electron chi connectivity index (χ4n) is 4.17. The van der Waals surface area contributed by atoms with Gasteiger partial charge in [-0.05, 0) is 47.4 Å². The Bertz CT molecular complexity index is 1240. The van der Waals surface area contributed by atoms with Crippen LogP contribution in [-0.4, -0.2) is 41.8 Å². The number of carboxylic acids is 1. The summed E-state index contributed by atoms with van der Waals surface area (Å²) in [7, 11) is 0. The van der Waals surface area contributed by atoms with Crippen LogP contribution in [0.4, 0.5) is 13.6 Å². The summed E-state index contributed by atoms with van der Waals surface area (Å²) >= 11 is 6.22. The molecular formula is C26H22ClF2NO5. The van der Waals surface area contributed by atoms with E-state index in [1.165, 1.54) is 29.2 Å². The van der Waals surface area contributed by atoms with Crippen LogP contribution in [0, 0.1) is 11.6 Å². The van der Waals surface area contributed by atoms with Gasteiger partial charge in [-0.2, -0.15) is 0 Å². The Morgan fingerprint density at radius 1 is 1.06 bits per heavy atom. The van der Waals surface area contributed by atoms with Crippen LogP contribution in [0.15, 0.2) is 60.7 Å². The topological polar surface area (TPSA) is 76.1 Å². The number of benzene rings is 3. The molecule has 0 spiro atoms. The zero-order valence-corrected chi connectivity index (χ0v) is 19.3. The van der Waals surface area contributed by atoms with Gasteiger partial charge >= 0.3 is 12.1 Å². The molecule has 0 saturated heterocycles. The SMILES string of the molecule is O=C(O)COc1ccc(Cl)cc1[C@@H]1c2ccc(F)c(F)c2CCN1C(=O)OCCc1ccccc1. The Labute approximate surface area is 205 Å². The number of rotatable bonds is 7. The molecule has 0 fully saturated rings. The van der Waals surface area contributed by atoms with Crippen molar-refractivity contribution < 1.29 is 33.0 Å². The van der Waals surface area contributed by atoms with Crippen molar-refractivity contribution in [3.05, 3.63) is 99.6 Å². The first-order chi connectivity index (χ1) is 16.8. The lowest BCUT2D eigenvalue weighted by Gasteiger charge is -2.37. The number of aliphatic carboxylic acids is 1. The number of ether oxygens (including phenoxy) is 2. The standard InChI is InChI=1S/C26H22ClF2NO5/c27-17-6-9-22(35-15-23(31)32)20(14-17)25-19-7-8-21(28)24(29)18(19)10-12-30(25)26(33)34-13-11-16-4-2-1-3-5-16/h1-9,14,25H,10-13,15H2,(H,31,32)/t25-/m0/s1. The van der Waals surface area contributed by atoms with Gasteiger partial charge in [0.2, 0.25) is 0 Å². The van der Waals surface area contributed by atoms with E-state index in [-0.39, 0.29) is 30.9 Å². The molecule has 6 nitrogen and oxygen atoms in total. The summed E-state index contributed by atoms with van der Waals surface area (Å²) in [5.74, 6) is -3.02. The Morgan fingerprint density at radius 2 is 1.83 bits per heavy atom. The Balaban J connectivity index is 1.69. The Hall–Kier alpha value is -3.65. The van der Waals surface area contributed by atoms with Crippen LogP contribution in [0.3, 0.4) is 0 Å². The minimum Gasteiger partial charge on any atom is -0.482 e. The minimum absolute atomic E-state index is 0.0487. The summed E-state index contributed by atoms with van der Waals surface area (Å²) in [6.07, 6.45) is -0.0636. The molecule has 4 rings (SSSR count). The number of nitrogens with zero attached hydrogens (tertiary/aromatic N) is 1. The Morgan fingerprint density at radius 3 is 2.57 bits per heavy atom. The van der Waals surface area contributed by atoms with Gasteiger partial charge in [-0.25, -0.2) is 18.4 Å². The van der Waals surface area contributed by atoms with Crippen LogP contribution in [0.5, 0.6) is 5.75 Å². The summed E-state index contributed by atoms with van der Waals surface area (Å²) in [6, 6.07) is 15.5. The van der Waals surface area contributed by atoms with Crippen molar-refractivity contribution in [1.29, 1.82) is 0 Å². The maximum atomic E-state index is 14.7. The van der Waals surface area contributed by atoms with Gasteiger partial charge in [0, 0.05) is 23.6 Å². The van der Waals surface area contributed by atoms with Gasteiger partial charge in [0.05, 0.1) is 12.6 Å². The first-order valence-corrected chi connectivity index (χ1v) is 11.3. The van der Waals surface area contributed by atoms with Crippen LogP contribution >= 0.6 is 11.6 Å². The molecule has 1 aliphatic rings. The highest BCUT2D eigenvalue weighted by molar-refractivity contribution is 6.30. The molecule has 0 saturated carbocycles. The molecule has 3 aromatic rings. The van der Waals surface area contributed by atoms with E-state index in [2.05, 4.69) is 0 Å². The van der Waals surface area contributed by atoms with Gasteiger partial charge < -0.3 is 14.6 Å². The number of carbonyl (C=O) groups is 2. The maximum absolute atomic E-state index is 14.7. The van der Waals surface area contributed by atoms with E-state index in [4.69, 9.17) is 26.2 Å². The quantitative estimate of drug-likeness (QED) is 0.468. The summed E-state index contributed by atoms with van der Waals surface area (Å²) in [4.78, 5) is 25.6. The monoisotopic (exact) mass is 501 g/mol. The maximum Gasteiger partial charge on any atom is 0.410 e. The smallest absolute Gasteiger partial charge is 0.410 e. The van der Waals surface area contributed by atoms with E-state index < -0.39 is 36.3 Å². The Kier molecular flexibility index (Phi) is 7.51. The van der Waals surface area contributed by atoms with Crippen LogP contribution in [0.25, 0.3) is 0 Å². The van der Waals surface area contributed by atoms with Crippen LogP contribution in [-0.2, 0) is 22.4 Å². The number of fused-ring (bicyclic) bond motifs is 1. The zero-order chi connectivity index (χ0) is 24.9. The van der Waals surface area contributed by atoms with Gasteiger partial charge in [0.25, 0.3) is 0 Å². The summed E-state index contributed by atoms with van der Waals surface area (Å²) in [5.41, 5.74) is 1.81. The molecule has 1 atom stereocenters. The average molecular weight is 502 g/mol. The van der Waals surface area contributed by atoms with Crippen LogP contribution in [0.1, 0.15) is 28.3 Å². The fraction of sp³-hybridized carbons (Fsp3) is 0.231. The molecule has 1 aliphatic heterocycles. The largest absolute Gasteiger partial charge is 0.482 e. The molecule has 3 aromatic carbocycles. The molecule has 1 heterocycles. The molecule has 0 radical (unpaired) electrons. The molecule has 9 heteroatoms. The fourth-order valence-corrected chi connectivity index (χ4v) is 4.35. The molecule has 35 heavy (non-hydrogen) atoms. The van der Waals surface area contributed by atoms with Crippen molar-refractivity contribution in [2.75, 3.05) is 19.8 Å². The van der Waals surface area contributed by atoms with Gasteiger partial charge in [0.1, 0.15) is 5.75 Å². The lowest BCUT2D eigenvalue weighted by Crippen LogP contribution is -2.41. The van der Waals surface area contributed by atoms with Crippen molar-refractivity contribution in [3.63, 3.8) is 0 Å². The molecule has 1 amide bonds. The van der Waals surface area contributed by atoms with Gasteiger partial charge in [0.15, 0.2) is 18.2 Å². The number of halogens is 3. The van der Waals surface area contributed by atoms with E-state index in [9.17, 15) is 18.4 Å². The third kappa shape index (κ3) is 5.54. The van der Waals surface area contributed by atoms with Gasteiger partial charge in [-0.15, -0.1) is 0 Å². The molecule has 0 unspecified atom stereocenters. The van der Waals surface area contributed by atoms with E-state index in [0.29, 0.717) is 22.6 Å². The summed E-state index contributed by atoms with van der Waals surface area (Å²) in [5, 5.41) is 9.36. The molecule has 0 bridgehead atoms. The van der Waals surface area contributed by atoms with Crippen molar-refractivity contribution in [2.24, 2.45) is 0 Å². The van der Waals surface area contributed by atoms with E-state index in [1.807, 2.05) is 30.3 Å². The van der Waals surface area contributed by atoms with Crippen molar-refractivity contribution in [3.8, 4) is 5.75 Å².